The van der Waals surface area contributed by atoms with Gasteiger partial charge in [0.1, 0.15) is 5.82 Å². The van der Waals surface area contributed by atoms with Crippen LogP contribution in [0, 0.1) is 5.82 Å². The monoisotopic (exact) mass is 361 g/mol. The molecule has 1 unspecified atom stereocenters. The fourth-order valence-corrected chi connectivity index (χ4v) is 3.92. The zero-order valence-electron chi connectivity index (χ0n) is 15.3. The van der Waals surface area contributed by atoms with Gasteiger partial charge in [0, 0.05) is 38.6 Å². The van der Waals surface area contributed by atoms with Crippen molar-refractivity contribution in [2.45, 2.75) is 51.0 Å². The number of carbonyl (C=O) groups is 2. The molecule has 0 aromatic heterocycles. The third kappa shape index (κ3) is 4.74. The Labute approximate surface area is 154 Å². The largest absolute Gasteiger partial charge is 0.343 e. The first-order chi connectivity index (χ1) is 12.6. The molecule has 1 atom stereocenters. The molecule has 1 N–H and O–H groups in total. The summed E-state index contributed by atoms with van der Waals surface area (Å²) in [6, 6.07) is 6.78. The summed E-state index contributed by atoms with van der Waals surface area (Å²) >= 11 is 0. The van der Waals surface area contributed by atoms with E-state index < -0.39 is 0 Å². The van der Waals surface area contributed by atoms with Gasteiger partial charge in [-0.3, -0.25) is 4.79 Å². The molecule has 26 heavy (non-hydrogen) atoms. The third-order valence-electron chi connectivity index (χ3n) is 5.42. The fraction of sp³-hybridized carbons (Fsp3) is 0.600. The molecule has 142 valence electrons. The van der Waals surface area contributed by atoms with E-state index in [0.717, 1.165) is 51.7 Å². The molecule has 0 saturated carbocycles. The number of rotatable bonds is 6. The van der Waals surface area contributed by atoms with Crippen molar-refractivity contribution in [3.05, 3.63) is 35.6 Å². The number of nitrogens with zero attached hydrogens (tertiary/aromatic N) is 2. The quantitative estimate of drug-likeness (QED) is 0.847. The number of piperidine rings is 1. The molecule has 0 spiro atoms. The lowest BCUT2D eigenvalue weighted by Crippen LogP contribution is -2.50. The first-order valence-electron chi connectivity index (χ1n) is 9.71. The lowest BCUT2D eigenvalue weighted by Gasteiger charge is -2.36. The van der Waals surface area contributed by atoms with E-state index in [4.69, 9.17) is 0 Å². The van der Waals surface area contributed by atoms with Crippen LogP contribution in [0.3, 0.4) is 0 Å². The number of nitrogens with one attached hydrogen (secondary N) is 1. The van der Waals surface area contributed by atoms with Crippen LogP contribution in [0.5, 0.6) is 0 Å². The summed E-state index contributed by atoms with van der Waals surface area (Å²) in [6.07, 6.45) is 6.06. The van der Waals surface area contributed by atoms with Crippen molar-refractivity contribution in [1.82, 2.24) is 15.1 Å². The van der Waals surface area contributed by atoms with Gasteiger partial charge in [0.25, 0.3) is 0 Å². The molecule has 0 radical (unpaired) electrons. The average molecular weight is 361 g/mol. The van der Waals surface area contributed by atoms with E-state index >= 15 is 0 Å². The molecule has 2 aliphatic heterocycles. The first kappa shape index (κ1) is 18.7. The van der Waals surface area contributed by atoms with E-state index in [1.165, 1.54) is 6.07 Å². The fourth-order valence-electron chi connectivity index (χ4n) is 3.92. The summed E-state index contributed by atoms with van der Waals surface area (Å²) in [6.45, 7) is 2.76. The SMILES string of the molecule is O=C1CCCN1CCC1CCCCN1C(=O)NCCc1ccccc1F. The zero-order chi connectivity index (χ0) is 18.4. The van der Waals surface area contributed by atoms with Crippen molar-refractivity contribution in [2.75, 3.05) is 26.2 Å². The van der Waals surface area contributed by atoms with Gasteiger partial charge in [-0.1, -0.05) is 18.2 Å². The van der Waals surface area contributed by atoms with Gasteiger partial charge in [0.2, 0.25) is 5.91 Å². The minimum atomic E-state index is -0.229. The lowest BCUT2D eigenvalue weighted by atomic mass is 9.99. The Balaban J connectivity index is 1.47. The van der Waals surface area contributed by atoms with Crippen LogP contribution in [0.15, 0.2) is 24.3 Å². The summed E-state index contributed by atoms with van der Waals surface area (Å²) in [7, 11) is 0. The van der Waals surface area contributed by atoms with Crippen LogP contribution in [0.2, 0.25) is 0 Å². The Morgan fingerprint density at radius 1 is 1.19 bits per heavy atom. The summed E-state index contributed by atoms with van der Waals surface area (Å²) < 4.78 is 13.7. The van der Waals surface area contributed by atoms with Crippen LogP contribution in [0.25, 0.3) is 0 Å². The maximum atomic E-state index is 13.7. The predicted octanol–water partition coefficient (Wildman–Crippen LogP) is 2.94. The Hall–Kier alpha value is -2.11. The molecular weight excluding hydrogens is 333 g/mol. The highest BCUT2D eigenvalue weighted by molar-refractivity contribution is 5.78. The predicted molar refractivity (Wildman–Crippen MR) is 98.3 cm³/mol. The molecule has 5 nitrogen and oxygen atoms in total. The number of benzene rings is 1. The van der Waals surface area contributed by atoms with Gasteiger partial charge in [-0.05, 0) is 50.2 Å². The van der Waals surface area contributed by atoms with Gasteiger partial charge in [-0.2, -0.15) is 0 Å². The topological polar surface area (TPSA) is 52.7 Å². The number of carbonyl (C=O) groups excluding carboxylic acids is 2. The summed E-state index contributed by atoms with van der Waals surface area (Å²) in [5.74, 6) is 0.00887. The smallest absolute Gasteiger partial charge is 0.317 e. The highest BCUT2D eigenvalue weighted by Gasteiger charge is 2.28. The van der Waals surface area contributed by atoms with Gasteiger partial charge in [0.15, 0.2) is 0 Å². The molecule has 2 saturated heterocycles. The van der Waals surface area contributed by atoms with Crippen molar-refractivity contribution in [2.24, 2.45) is 0 Å². The highest BCUT2D eigenvalue weighted by Crippen LogP contribution is 2.21. The molecule has 3 rings (SSSR count). The van der Waals surface area contributed by atoms with Crippen LogP contribution in [-0.2, 0) is 11.2 Å². The Morgan fingerprint density at radius 2 is 2.04 bits per heavy atom. The lowest BCUT2D eigenvalue weighted by molar-refractivity contribution is -0.127. The van der Waals surface area contributed by atoms with E-state index in [1.54, 1.807) is 18.2 Å². The molecule has 1 aromatic rings. The van der Waals surface area contributed by atoms with Gasteiger partial charge in [0.05, 0.1) is 0 Å². The molecular formula is C20H28FN3O2. The van der Waals surface area contributed by atoms with Crippen LogP contribution >= 0.6 is 0 Å². The van der Waals surface area contributed by atoms with Gasteiger partial charge < -0.3 is 15.1 Å². The van der Waals surface area contributed by atoms with Crippen LogP contribution in [-0.4, -0.2) is 54.0 Å². The number of urea groups is 1. The molecule has 1 aromatic carbocycles. The van der Waals surface area contributed by atoms with E-state index in [9.17, 15) is 14.0 Å². The van der Waals surface area contributed by atoms with E-state index in [1.807, 2.05) is 9.80 Å². The number of likely N-dealkylation sites (tertiary alicyclic amines) is 2. The average Bonchev–Trinajstić information content (AvgIpc) is 3.06. The van der Waals surface area contributed by atoms with Crippen molar-refractivity contribution < 1.29 is 14.0 Å². The zero-order valence-corrected chi connectivity index (χ0v) is 15.3. The van der Waals surface area contributed by atoms with Crippen molar-refractivity contribution in [3.8, 4) is 0 Å². The van der Waals surface area contributed by atoms with Crippen molar-refractivity contribution in [3.63, 3.8) is 0 Å². The number of amides is 3. The molecule has 2 fully saturated rings. The summed E-state index contributed by atoms with van der Waals surface area (Å²) in [5.41, 5.74) is 0.621. The first-order valence-corrected chi connectivity index (χ1v) is 9.71. The second-order valence-electron chi connectivity index (χ2n) is 7.19. The molecule has 0 bridgehead atoms. The van der Waals surface area contributed by atoms with E-state index in [0.29, 0.717) is 24.9 Å². The molecule has 6 heteroatoms. The van der Waals surface area contributed by atoms with Crippen LogP contribution in [0.4, 0.5) is 9.18 Å². The second kappa shape index (κ2) is 9.01. The van der Waals surface area contributed by atoms with Crippen molar-refractivity contribution >= 4 is 11.9 Å². The van der Waals surface area contributed by atoms with Crippen LogP contribution in [0.1, 0.15) is 44.1 Å². The Kier molecular flexibility index (Phi) is 6.47. The Bertz CT molecular complexity index is 637. The second-order valence-corrected chi connectivity index (χ2v) is 7.19. The van der Waals surface area contributed by atoms with Gasteiger partial charge >= 0.3 is 6.03 Å². The third-order valence-corrected chi connectivity index (χ3v) is 5.42. The minimum absolute atomic E-state index is 0.0706. The minimum Gasteiger partial charge on any atom is -0.343 e. The van der Waals surface area contributed by atoms with Crippen LogP contribution < -0.4 is 5.32 Å². The molecule has 2 heterocycles. The van der Waals surface area contributed by atoms with Gasteiger partial charge in [-0.15, -0.1) is 0 Å². The number of hydrogen-bond acceptors (Lipinski definition) is 2. The van der Waals surface area contributed by atoms with E-state index in [2.05, 4.69) is 5.32 Å². The summed E-state index contributed by atoms with van der Waals surface area (Å²) in [5, 5.41) is 2.93. The molecule has 3 amide bonds. The maximum Gasteiger partial charge on any atom is 0.317 e. The normalized spacial score (nSPS) is 20.5. The maximum absolute atomic E-state index is 13.7. The molecule has 2 aliphatic rings. The highest BCUT2D eigenvalue weighted by atomic mass is 19.1. The standard InChI is InChI=1S/C20H28FN3O2/c21-18-8-2-1-6-16(18)10-12-22-20(26)24-14-4-3-7-17(24)11-15-23-13-5-9-19(23)25/h1-2,6,8,17H,3-5,7,9-15H2,(H,22,26). The summed E-state index contributed by atoms with van der Waals surface area (Å²) in [4.78, 5) is 28.2. The molecule has 0 aliphatic carbocycles. The Morgan fingerprint density at radius 3 is 2.81 bits per heavy atom. The van der Waals surface area contributed by atoms with E-state index in [-0.39, 0.29) is 23.8 Å². The number of hydrogen-bond donors (Lipinski definition) is 1. The van der Waals surface area contributed by atoms with Gasteiger partial charge in [-0.25, -0.2) is 9.18 Å². The van der Waals surface area contributed by atoms with Crippen molar-refractivity contribution in [1.29, 1.82) is 0 Å². The number of halogens is 1.